The van der Waals surface area contributed by atoms with Crippen LogP contribution < -0.4 is 10.1 Å². The molecule has 0 saturated carbocycles. The van der Waals surface area contributed by atoms with Gasteiger partial charge in [0.15, 0.2) is 13.2 Å². The molecule has 0 aliphatic heterocycles. The van der Waals surface area contributed by atoms with Crippen LogP contribution in [0, 0.1) is 0 Å². The summed E-state index contributed by atoms with van der Waals surface area (Å²) in [4.78, 5) is 37.4. The minimum Gasteiger partial charge on any atom is -0.480 e. The Balaban J connectivity index is 1.54. The molecule has 154 valence electrons. The molecule has 1 N–H and O–H groups in total. The van der Waals surface area contributed by atoms with Gasteiger partial charge in [-0.1, -0.05) is 23.7 Å². The number of ether oxygens (including phenoxy) is 3. The fraction of sp³-hybridized carbons (Fsp3) is 0.350. The minimum absolute atomic E-state index is 0.250. The zero-order valence-corrected chi connectivity index (χ0v) is 17.4. The first-order valence-electron chi connectivity index (χ1n) is 9.14. The van der Waals surface area contributed by atoms with Crippen molar-refractivity contribution >= 4 is 45.8 Å². The standard InChI is InChI=1S/C20H20ClNO6S/c1-2-26-20(25)18-12-6-5-9-15(12)29-19(18)22-16(23)10-28-17(24)11-27-14-8-4-3-7-13(14)21/h3-4,7-8H,2,5-6,9-11H2,1H3,(H,22,23). The number of amides is 1. The van der Waals surface area contributed by atoms with Crippen LogP contribution in [0.15, 0.2) is 24.3 Å². The number of carbonyl (C=O) groups excluding carboxylic acids is 3. The molecule has 9 heteroatoms. The largest absolute Gasteiger partial charge is 0.480 e. The van der Waals surface area contributed by atoms with Gasteiger partial charge in [-0.25, -0.2) is 9.59 Å². The van der Waals surface area contributed by atoms with E-state index in [0.717, 1.165) is 29.7 Å². The van der Waals surface area contributed by atoms with Crippen LogP contribution in [0.2, 0.25) is 5.02 Å². The zero-order chi connectivity index (χ0) is 20.8. The van der Waals surface area contributed by atoms with Crippen LogP contribution in [-0.4, -0.2) is 37.7 Å². The lowest BCUT2D eigenvalue weighted by Gasteiger charge is -2.09. The fourth-order valence-electron chi connectivity index (χ4n) is 2.96. The second kappa shape index (κ2) is 9.76. The highest BCUT2D eigenvalue weighted by Crippen LogP contribution is 2.39. The molecule has 29 heavy (non-hydrogen) atoms. The van der Waals surface area contributed by atoms with Gasteiger partial charge in [0.25, 0.3) is 5.91 Å². The van der Waals surface area contributed by atoms with Crippen molar-refractivity contribution in [1.82, 2.24) is 0 Å². The Hall–Kier alpha value is -2.58. The average molecular weight is 438 g/mol. The van der Waals surface area contributed by atoms with Crippen molar-refractivity contribution in [3.05, 3.63) is 45.3 Å². The lowest BCUT2D eigenvalue weighted by Crippen LogP contribution is -2.24. The van der Waals surface area contributed by atoms with E-state index in [1.807, 2.05) is 0 Å². The molecule has 0 atom stereocenters. The van der Waals surface area contributed by atoms with Gasteiger partial charge in [-0.15, -0.1) is 11.3 Å². The zero-order valence-electron chi connectivity index (χ0n) is 15.8. The summed E-state index contributed by atoms with van der Waals surface area (Å²) in [6.45, 7) is 1.11. The maximum atomic E-state index is 12.3. The van der Waals surface area contributed by atoms with Crippen LogP contribution in [0.3, 0.4) is 0 Å². The van der Waals surface area contributed by atoms with Crippen LogP contribution in [0.25, 0.3) is 0 Å². The van der Waals surface area contributed by atoms with Crippen molar-refractivity contribution in [1.29, 1.82) is 0 Å². The summed E-state index contributed by atoms with van der Waals surface area (Å²) in [6, 6.07) is 6.72. The van der Waals surface area contributed by atoms with E-state index < -0.39 is 24.5 Å². The number of esters is 2. The van der Waals surface area contributed by atoms with Gasteiger partial charge in [0.2, 0.25) is 0 Å². The predicted octanol–water partition coefficient (Wildman–Crippen LogP) is 3.63. The van der Waals surface area contributed by atoms with E-state index in [1.165, 1.54) is 11.3 Å². The number of nitrogens with one attached hydrogen (secondary N) is 1. The van der Waals surface area contributed by atoms with Crippen LogP contribution in [0.5, 0.6) is 5.75 Å². The first-order chi connectivity index (χ1) is 14.0. The van der Waals surface area contributed by atoms with E-state index in [0.29, 0.717) is 21.3 Å². The van der Waals surface area contributed by atoms with Crippen molar-refractivity contribution in [2.45, 2.75) is 26.2 Å². The number of hydrogen-bond donors (Lipinski definition) is 1. The van der Waals surface area contributed by atoms with Gasteiger partial charge in [0, 0.05) is 4.88 Å². The number of fused-ring (bicyclic) bond motifs is 1. The molecule has 1 aliphatic rings. The Labute approximate surface area is 176 Å². The second-order valence-corrected chi connectivity index (χ2v) is 7.72. The molecule has 1 aromatic heterocycles. The smallest absolute Gasteiger partial charge is 0.344 e. The van der Waals surface area contributed by atoms with Crippen LogP contribution in [0.4, 0.5) is 5.00 Å². The molecule has 0 radical (unpaired) electrons. The average Bonchev–Trinajstić information content (AvgIpc) is 3.26. The quantitative estimate of drug-likeness (QED) is 0.634. The number of anilines is 1. The molecule has 1 aromatic carbocycles. The summed E-state index contributed by atoms with van der Waals surface area (Å²) in [5.41, 5.74) is 1.35. The van der Waals surface area contributed by atoms with E-state index in [9.17, 15) is 14.4 Å². The molecule has 2 aromatic rings. The van der Waals surface area contributed by atoms with E-state index >= 15 is 0 Å². The monoisotopic (exact) mass is 437 g/mol. The molecule has 3 rings (SSSR count). The molecule has 0 saturated heterocycles. The van der Waals surface area contributed by atoms with E-state index in [2.05, 4.69) is 5.32 Å². The van der Waals surface area contributed by atoms with Gasteiger partial charge < -0.3 is 19.5 Å². The third-order valence-corrected chi connectivity index (χ3v) is 5.72. The second-order valence-electron chi connectivity index (χ2n) is 6.21. The molecule has 1 heterocycles. The number of halogens is 1. The molecule has 0 spiro atoms. The predicted molar refractivity (Wildman–Crippen MR) is 109 cm³/mol. The highest BCUT2D eigenvalue weighted by Gasteiger charge is 2.28. The summed E-state index contributed by atoms with van der Waals surface area (Å²) in [7, 11) is 0. The number of hydrogen-bond acceptors (Lipinski definition) is 7. The first-order valence-corrected chi connectivity index (χ1v) is 10.3. The SMILES string of the molecule is CCOC(=O)c1c(NC(=O)COC(=O)COc2ccccc2Cl)sc2c1CCC2. The van der Waals surface area contributed by atoms with Crippen molar-refractivity contribution in [2.24, 2.45) is 0 Å². The fourth-order valence-corrected chi connectivity index (χ4v) is 4.44. The van der Waals surface area contributed by atoms with E-state index in [-0.39, 0.29) is 13.2 Å². The van der Waals surface area contributed by atoms with Gasteiger partial charge >= 0.3 is 11.9 Å². The molecule has 0 bridgehead atoms. The highest BCUT2D eigenvalue weighted by atomic mass is 35.5. The van der Waals surface area contributed by atoms with Gasteiger partial charge in [0.05, 0.1) is 17.2 Å². The Morgan fingerprint density at radius 1 is 1.14 bits per heavy atom. The van der Waals surface area contributed by atoms with E-state index in [4.69, 9.17) is 25.8 Å². The van der Waals surface area contributed by atoms with Gasteiger partial charge in [-0.05, 0) is 43.9 Å². The number of aryl methyl sites for hydroxylation is 1. The highest BCUT2D eigenvalue weighted by molar-refractivity contribution is 7.17. The van der Waals surface area contributed by atoms with Gasteiger partial charge in [-0.3, -0.25) is 4.79 Å². The maximum Gasteiger partial charge on any atom is 0.344 e. The summed E-state index contributed by atoms with van der Waals surface area (Å²) < 4.78 is 15.3. The van der Waals surface area contributed by atoms with Crippen molar-refractivity contribution in [3.8, 4) is 5.75 Å². The third-order valence-electron chi connectivity index (χ3n) is 4.20. The lowest BCUT2D eigenvalue weighted by atomic mass is 10.1. The Kier molecular flexibility index (Phi) is 7.11. The first kappa shape index (κ1) is 21.1. The molecule has 1 aliphatic carbocycles. The molecule has 1 amide bonds. The topological polar surface area (TPSA) is 90.9 Å². The number of benzene rings is 1. The van der Waals surface area contributed by atoms with Gasteiger partial charge in [0.1, 0.15) is 10.8 Å². The van der Waals surface area contributed by atoms with Crippen molar-refractivity contribution < 1.29 is 28.6 Å². The molecule has 0 fully saturated rings. The van der Waals surface area contributed by atoms with Gasteiger partial charge in [-0.2, -0.15) is 0 Å². The number of carbonyl (C=O) groups is 3. The Morgan fingerprint density at radius 3 is 2.69 bits per heavy atom. The Bertz CT molecular complexity index is 926. The van der Waals surface area contributed by atoms with Crippen molar-refractivity contribution in [3.63, 3.8) is 0 Å². The summed E-state index contributed by atoms with van der Waals surface area (Å²) in [6.07, 6.45) is 2.63. The lowest BCUT2D eigenvalue weighted by molar-refractivity contribution is -0.149. The molecular weight excluding hydrogens is 418 g/mol. The maximum absolute atomic E-state index is 12.3. The summed E-state index contributed by atoms with van der Waals surface area (Å²) in [5.74, 6) is -1.35. The Morgan fingerprint density at radius 2 is 1.93 bits per heavy atom. The molecule has 0 unspecified atom stereocenters. The molecule has 7 nitrogen and oxygen atoms in total. The third kappa shape index (κ3) is 5.27. The van der Waals surface area contributed by atoms with Crippen LogP contribution in [0.1, 0.15) is 34.1 Å². The van der Waals surface area contributed by atoms with E-state index in [1.54, 1.807) is 31.2 Å². The summed E-state index contributed by atoms with van der Waals surface area (Å²) in [5, 5.41) is 3.46. The van der Waals surface area contributed by atoms with Crippen molar-refractivity contribution in [2.75, 3.05) is 25.1 Å². The van der Waals surface area contributed by atoms with Crippen LogP contribution in [-0.2, 0) is 31.9 Å². The number of thiophene rings is 1. The number of para-hydroxylation sites is 1. The molecular formula is C20H20ClNO6S. The normalized spacial score (nSPS) is 12.2. The summed E-state index contributed by atoms with van der Waals surface area (Å²) >= 11 is 7.30. The minimum atomic E-state index is -0.709. The number of rotatable bonds is 8. The van der Waals surface area contributed by atoms with Crippen LogP contribution >= 0.6 is 22.9 Å².